The largest absolute Gasteiger partial charge is 0.483 e. The van der Waals surface area contributed by atoms with Crippen molar-refractivity contribution in [1.82, 2.24) is 4.98 Å². The number of nitrogens with two attached hydrogens (primary N) is 1. The normalized spacial score (nSPS) is 17.1. The second-order valence-electron chi connectivity index (χ2n) is 7.83. The minimum absolute atomic E-state index is 0.155. The summed E-state index contributed by atoms with van der Waals surface area (Å²) in [4.78, 5) is 27.0. The van der Waals surface area contributed by atoms with Gasteiger partial charge in [0, 0.05) is 6.20 Å². The van der Waals surface area contributed by atoms with Crippen molar-refractivity contribution in [2.24, 2.45) is 5.73 Å². The van der Waals surface area contributed by atoms with Gasteiger partial charge in [0.2, 0.25) is 11.7 Å². The van der Waals surface area contributed by atoms with Crippen molar-refractivity contribution in [1.29, 1.82) is 0 Å². The van der Waals surface area contributed by atoms with Crippen molar-refractivity contribution in [2.45, 2.75) is 64.2 Å². The number of halogens is 4. The van der Waals surface area contributed by atoms with Gasteiger partial charge in [-0.15, -0.1) is 0 Å². The Morgan fingerprint density at radius 2 is 1.77 bits per heavy atom. The molecular formula is C22H27ClF3N2O6P. The van der Waals surface area contributed by atoms with Gasteiger partial charge in [-0.25, -0.2) is 4.98 Å². The number of Topliss-reactive ketones (excluding diaryl/α,β-unsaturated/α-hetero) is 1. The van der Waals surface area contributed by atoms with Gasteiger partial charge in [0.05, 0.1) is 11.7 Å². The average Bonchev–Trinajstić information content (AvgIpc) is 2.79. The summed E-state index contributed by atoms with van der Waals surface area (Å²) in [5, 5.41) is -2.49. The standard InChI is InChI=1S/C22H27ClF3N2O6P/c1-5-13(3)34-35(30,31)21(27,6-2)19(29)14(4)32-16-7-9-17(10-8-16)33-20-18(23)11-15(12-28-20)22(24,25)26/h7-14H,5-6,27H2,1-4H3,(H,30,31). The van der Waals surface area contributed by atoms with E-state index in [0.29, 0.717) is 18.7 Å². The zero-order valence-corrected chi connectivity index (χ0v) is 21.2. The van der Waals surface area contributed by atoms with Gasteiger partial charge in [0.1, 0.15) is 16.5 Å². The Morgan fingerprint density at radius 1 is 1.20 bits per heavy atom. The first kappa shape index (κ1) is 29.1. The Hall–Kier alpha value is -2.17. The number of carbonyl (C=O) groups is 1. The molecule has 1 heterocycles. The number of rotatable bonds is 11. The molecule has 1 aromatic carbocycles. The summed E-state index contributed by atoms with van der Waals surface area (Å²) >= 11 is 5.84. The number of alkyl halides is 3. The summed E-state index contributed by atoms with van der Waals surface area (Å²) in [7, 11) is -4.53. The van der Waals surface area contributed by atoms with Crippen molar-refractivity contribution in [3.8, 4) is 17.4 Å². The van der Waals surface area contributed by atoms with E-state index < -0.39 is 42.6 Å². The van der Waals surface area contributed by atoms with Crippen LogP contribution >= 0.6 is 19.2 Å². The zero-order valence-electron chi connectivity index (χ0n) is 19.5. The molecule has 1 aromatic heterocycles. The van der Waals surface area contributed by atoms with Crippen LogP contribution in [0.2, 0.25) is 5.02 Å². The molecule has 3 N–H and O–H groups in total. The Kier molecular flexibility index (Phi) is 9.35. The molecule has 0 amide bonds. The maximum absolute atomic E-state index is 13.0. The third-order valence-corrected chi connectivity index (χ3v) is 7.68. The summed E-state index contributed by atoms with van der Waals surface area (Å²) in [5.41, 5.74) is 5.05. The van der Waals surface area contributed by atoms with Crippen molar-refractivity contribution in [3.05, 3.63) is 47.1 Å². The second-order valence-corrected chi connectivity index (χ2v) is 10.3. The lowest BCUT2D eigenvalue weighted by Crippen LogP contribution is -2.53. The van der Waals surface area contributed by atoms with Gasteiger partial charge in [-0.1, -0.05) is 25.4 Å². The first-order valence-corrected chi connectivity index (χ1v) is 12.6. The van der Waals surface area contributed by atoms with Crippen LogP contribution < -0.4 is 15.2 Å². The van der Waals surface area contributed by atoms with E-state index in [-0.39, 0.29) is 28.8 Å². The van der Waals surface area contributed by atoms with Crippen LogP contribution in [0.15, 0.2) is 36.5 Å². The number of hydrogen-bond donors (Lipinski definition) is 2. The lowest BCUT2D eigenvalue weighted by molar-refractivity contribution is -0.137. The van der Waals surface area contributed by atoms with E-state index in [2.05, 4.69) is 4.98 Å². The Balaban J connectivity index is 2.12. The third-order valence-electron chi connectivity index (χ3n) is 5.22. The molecule has 0 saturated heterocycles. The molecule has 4 atom stereocenters. The minimum Gasteiger partial charge on any atom is -0.483 e. The summed E-state index contributed by atoms with van der Waals surface area (Å²) in [5.74, 6) is -0.643. The summed E-state index contributed by atoms with van der Waals surface area (Å²) in [6.07, 6.45) is -5.47. The van der Waals surface area contributed by atoms with Crippen LogP contribution in [0.3, 0.4) is 0 Å². The minimum atomic E-state index is -4.59. The van der Waals surface area contributed by atoms with Crippen LogP contribution in [0.25, 0.3) is 0 Å². The van der Waals surface area contributed by atoms with Gasteiger partial charge in [-0.3, -0.25) is 9.36 Å². The number of nitrogens with zero attached hydrogens (tertiary/aromatic N) is 1. The lowest BCUT2D eigenvalue weighted by atomic mass is 10.1. The van der Waals surface area contributed by atoms with Gasteiger partial charge in [-0.2, -0.15) is 13.2 Å². The van der Waals surface area contributed by atoms with E-state index in [1.807, 2.05) is 0 Å². The van der Waals surface area contributed by atoms with Crippen molar-refractivity contribution in [3.63, 3.8) is 0 Å². The fraction of sp³-hybridized carbons (Fsp3) is 0.455. The van der Waals surface area contributed by atoms with Gasteiger partial charge < -0.3 is 24.6 Å². The molecule has 0 bridgehead atoms. The number of hydrogen-bond acceptors (Lipinski definition) is 7. The number of aromatic nitrogens is 1. The number of pyridine rings is 1. The predicted molar refractivity (Wildman–Crippen MR) is 124 cm³/mol. The quantitative estimate of drug-likeness (QED) is 0.337. The summed E-state index contributed by atoms with van der Waals surface area (Å²) in [6.45, 7) is 6.25. The molecule has 0 fully saturated rings. The van der Waals surface area contributed by atoms with E-state index in [1.165, 1.54) is 38.1 Å². The highest BCUT2D eigenvalue weighted by Gasteiger charge is 2.53. The zero-order chi connectivity index (χ0) is 26.6. The van der Waals surface area contributed by atoms with Crippen molar-refractivity contribution in [2.75, 3.05) is 0 Å². The average molecular weight is 539 g/mol. The van der Waals surface area contributed by atoms with Crippen molar-refractivity contribution < 1.29 is 41.4 Å². The molecule has 0 radical (unpaired) electrons. The highest BCUT2D eigenvalue weighted by Crippen LogP contribution is 2.56. The number of ether oxygens (including phenoxy) is 2. The van der Waals surface area contributed by atoms with Crippen LogP contribution in [0.5, 0.6) is 17.4 Å². The molecule has 0 saturated carbocycles. The molecule has 0 aliphatic rings. The topological polar surface area (TPSA) is 121 Å². The van der Waals surface area contributed by atoms with E-state index in [9.17, 15) is 27.4 Å². The molecule has 35 heavy (non-hydrogen) atoms. The van der Waals surface area contributed by atoms with Crippen LogP contribution in [0.1, 0.15) is 46.1 Å². The van der Waals surface area contributed by atoms with E-state index >= 15 is 0 Å². The summed E-state index contributed by atoms with van der Waals surface area (Å²) in [6, 6.07) is 6.39. The smallest absolute Gasteiger partial charge is 0.417 e. The summed E-state index contributed by atoms with van der Waals surface area (Å²) < 4.78 is 67.2. The van der Waals surface area contributed by atoms with Gasteiger partial charge in [0.25, 0.3) is 0 Å². The maximum atomic E-state index is 13.0. The Labute approximate surface area is 206 Å². The molecule has 2 rings (SSSR count). The fourth-order valence-corrected chi connectivity index (χ4v) is 4.78. The second kappa shape index (κ2) is 11.3. The molecule has 13 heteroatoms. The van der Waals surface area contributed by atoms with E-state index in [0.717, 1.165) is 0 Å². The van der Waals surface area contributed by atoms with Crippen molar-refractivity contribution >= 4 is 25.0 Å². The molecule has 0 spiro atoms. The van der Waals surface area contributed by atoms with Crippen LogP contribution in [0.4, 0.5) is 13.2 Å². The van der Waals surface area contributed by atoms with Crippen LogP contribution in [-0.2, 0) is 20.1 Å². The lowest BCUT2D eigenvalue weighted by Gasteiger charge is -2.33. The van der Waals surface area contributed by atoms with Crippen LogP contribution in [0, 0.1) is 0 Å². The Morgan fingerprint density at radius 3 is 2.26 bits per heavy atom. The van der Waals surface area contributed by atoms with E-state index in [1.54, 1.807) is 13.8 Å². The molecule has 8 nitrogen and oxygen atoms in total. The van der Waals surface area contributed by atoms with E-state index in [4.69, 9.17) is 31.3 Å². The highest BCUT2D eigenvalue weighted by molar-refractivity contribution is 7.55. The molecule has 0 aliphatic heterocycles. The highest BCUT2D eigenvalue weighted by atomic mass is 35.5. The number of benzene rings is 1. The molecule has 0 aliphatic carbocycles. The van der Waals surface area contributed by atoms with Gasteiger partial charge in [-0.05, 0) is 57.0 Å². The third kappa shape index (κ3) is 6.95. The molecule has 194 valence electrons. The SMILES string of the molecule is CCC(C)OP(=O)(O)C(N)(CC)C(=O)C(C)Oc1ccc(Oc2ncc(C(F)(F)F)cc2Cl)cc1. The maximum Gasteiger partial charge on any atom is 0.417 e. The fourth-order valence-electron chi connectivity index (χ4n) is 2.89. The number of carbonyl (C=O) groups excluding carboxylic acids is 1. The molecule has 4 unspecified atom stereocenters. The first-order valence-electron chi connectivity index (χ1n) is 10.7. The predicted octanol–water partition coefficient (Wildman–Crippen LogP) is 5.95. The molecular weight excluding hydrogens is 512 g/mol. The number of ketones is 1. The molecule has 2 aromatic rings. The van der Waals surface area contributed by atoms with Gasteiger partial charge in [0.15, 0.2) is 11.4 Å². The monoisotopic (exact) mass is 538 g/mol. The Bertz CT molecular complexity index is 1090. The van der Waals surface area contributed by atoms with Gasteiger partial charge >= 0.3 is 13.8 Å². The van der Waals surface area contributed by atoms with Crippen LogP contribution in [-0.4, -0.2) is 33.1 Å². The first-order chi connectivity index (χ1) is 16.1.